The zero-order valence-corrected chi connectivity index (χ0v) is 9.06. The third-order valence-corrected chi connectivity index (χ3v) is 3.10. The molecule has 0 amide bonds. The molecule has 0 radical (unpaired) electrons. The van der Waals surface area contributed by atoms with Gasteiger partial charge in [-0.1, -0.05) is 0 Å². The van der Waals surface area contributed by atoms with E-state index in [0.29, 0.717) is 5.56 Å². The lowest BCUT2D eigenvalue weighted by molar-refractivity contribution is 0.0600. The van der Waals surface area contributed by atoms with Crippen LogP contribution in [-0.4, -0.2) is 18.1 Å². The molecular weight excluding hydrogens is 204 g/mol. The number of rotatable bonds is 2. The Hall–Kier alpha value is -1.89. The van der Waals surface area contributed by atoms with Gasteiger partial charge in [0.2, 0.25) is 0 Å². The fourth-order valence-corrected chi connectivity index (χ4v) is 1.87. The lowest BCUT2D eigenvalue weighted by atomic mass is 9.67. The second-order valence-corrected chi connectivity index (χ2v) is 3.97. The third-order valence-electron chi connectivity index (χ3n) is 3.10. The van der Waals surface area contributed by atoms with E-state index in [1.807, 2.05) is 0 Å². The second kappa shape index (κ2) is 3.93. The quantitative estimate of drug-likeness (QED) is 0.707. The molecular formula is C12H12N2O2. The summed E-state index contributed by atoms with van der Waals surface area (Å²) in [6, 6.07) is 5.72. The summed E-state index contributed by atoms with van der Waals surface area (Å²) in [7, 11) is 1.33. The van der Waals surface area contributed by atoms with Crippen molar-refractivity contribution in [3.05, 3.63) is 29.6 Å². The lowest BCUT2D eigenvalue weighted by Gasteiger charge is -2.34. The van der Waals surface area contributed by atoms with Crippen LogP contribution in [0.25, 0.3) is 0 Å². The number of nitrogens with zero attached hydrogens (tertiary/aromatic N) is 2. The van der Waals surface area contributed by atoms with Crippen molar-refractivity contribution in [2.75, 3.05) is 7.11 Å². The van der Waals surface area contributed by atoms with Gasteiger partial charge >= 0.3 is 5.97 Å². The Bertz CT molecular complexity index is 441. The first-order valence-corrected chi connectivity index (χ1v) is 5.18. The van der Waals surface area contributed by atoms with Crippen molar-refractivity contribution >= 4 is 5.97 Å². The number of esters is 1. The molecule has 1 heterocycles. The molecule has 0 aliphatic heterocycles. The topological polar surface area (TPSA) is 63.0 Å². The Morgan fingerprint density at radius 1 is 1.56 bits per heavy atom. The van der Waals surface area contributed by atoms with Crippen LogP contribution < -0.4 is 0 Å². The van der Waals surface area contributed by atoms with Gasteiger partial charge in [-0.3, -0.25) is 4.98 Å². The molecule has 1 fully saturated rings. The van der Waals surface area contributed by atoms with Gasteiger partial charge in [-0.2, -0.15) is 5.26 Å². The normalized spacial score (nSPS) is 17.0. The van der Waals surface area contributed by atoms with Gasteiger partial charge in [0.25, 0.3) is 0 Å². The number of aromatic nitrogens is 1. The van der Waals surface area contributed by atoms with Crippen LogP contribution in [0.3, 0.4) is 0 Å². The molecule has 0 N–H and O–H groups in total. The Morgan fingerprint density at radius 2 is 2.31 bits per heavy atom. The average Bonchev–Trinajstić information content (AvgIpc) is 2.28. The summed E-state index contributed by atoms with van der Waals surface area (Å²) in [6.45, 7) is 0. The summed E-state index contributed by atoms with van der Waals surface area (Å²) in [4.78, 5) is 15.4. The third kappa shape index (κ3) is 1.54. The number of hydrogen-bond acceptors (Lipinski definition) is 4. The highest BCUT2D eigenvalue weighted by Crippen LogP contribution is 2.42. The Labute approximate surface area is 93.9 Å². The van der Waals surface area contributed by atoms with Crippen LogP contribution in [0.4, 0.5) is 0 Å². The second-order valence-electron chi connectivity index (χ2n) is 3.97. The molecule has 82 valence electrons. The summed E-state index contributed by atoms with van der Waals surface area (Å²) in [5.74, 6) is -0.404. The van der Waals surface area contributed by atoms with Crippen LogP contribution in [0.15, 0.2) is 18.3 Å². The van der Waals surface area contributed by atoms with Crippen LogP contribution in [-0.2, 0) is 10.2 Å². The smallest absolute Gasteiger partial charge is 0.339 e. The maximum absolute atomic E-state index is 11.2. The SMILES string of the molecule is COC(=O)c1ccc(C2(C#N)CCC2)nc1. The van der Waals surface area contributed by atoms with Crippen molar-refractivity contribution in [1.29, 1.82) is 5.26 Å². The van der Waals surface area contributed by atoms with Crippen molar-refractivity contribution in [1.82, 2.24) is 4.98 Å². The van der Waals surface area contributed by atoms with E-state index in [9.17, 15) is 4.79 Å². The molecule has 1 saturated carbocycles. The van der Waals surface area contributed by atoms with Crippen LogP contribution in [0.5, 0.6) is 0 Å². The highest BCUT2D eigenvalue weighted by atomic mass is 16.5. The molecule has 1 aromatic rings. The van der Waals surface area contributed by atoms with Crippen molar-refractivity contribution in [3.8, 4) is 6.07 Å². The van der Waals surface area contributed by atoms with Crippen molar-refractivity contribution < 1.29 is 9.53 Å². The summed E-state index contributed by atoms with van der Waals surface area (Å²) >= 11 is 0. The Balaban J connectivity index is 2.26. The van der Waals surface area contributed by atoms with E-state index in [1.165, 1.54) is 13.3 Å². The fraction of sp³-hybridized carbons (Fsp3) is 0.417. The van der Waals surface area contributed by atoms with Crippen LogP contribution in [0, 0.1) is 11.3 Å². The molecule has 0 aromatic carbocycles. The maximum Gasteiger partial charge on any atom is 0.339 e. The number of carbonyl (C=O) groups excluding carboxylic acids is 1. The first-order valence-electron chi connectivity index (χ1n) is 5.18. The maximum atomic E-state index is 11.2. The van der Waals surface area contributed by atoms with E-state index in [1.54, 1.807) is 12.1 Å². The van der Waals surface area contributed by atoms with Crippen molar-refractivity contribution in [2.45, 2.75) is 24.7 Å². The average molecular weight is 216 g/mol. The summed E-state index contributed by atoms with van der Waals surface area (Å²) in [5, 5.41) is 9.13. The highest BCUT2D eigenvalue weighted by Gasteiger charge is 2.40. The van der Waals surface area contributed by atoms with E-state index in [4.69, 9.17) is 5.26 Å². The van der Waals surface area contributed by atoms with Crippen molar-refractivity contribution in [3.63, 3.8) is 0 Å². The minimum Gasteiger partial charge on any atom is -0.465 e. The van der Waals surface area contributed by atoms with E-state index in [0.717, 1.165) is 25.0 Å². The first kappa shape index (κ1) is 10.6. The van der Waals surface area contributed by atoms with E-state index < -0.39 is 11.4 Å². The zero-order valence-electron chi connectivity index (χ0n) is 9.06. The first-order chi connectivity index (χ1) is 7.72. The molecule has 0 bridgehead atoms. The molecule has 0 saturated heterocycles. The van der Waals surface area contributed by atoms with Gasteiger partial charge in [-0.25, -0.2) is 4.79 Å². The van der Waals surface area contributed by atoms with E-state index in [-0.39, 0.29) is 0 Å². The van der Waals surface area contributed by atoms with Gasteiger partial charge in [0, 0.05) is 6.20 Å². The minimum atomic E-state index is -0.422. The summed E-state index contributed by atoms with van der Waals surface area (Å²) < 4.78 is 4.58. The van der Waals surface area contributed by atoms with Crippen LogP contribution in [0.2, 0.25) is 0 Å². The Morgan fingerprint density at radius 3 is 2.69 bits per heavy atom. The molecule has 4 nitrogen and oxygen atoms in total. The fourth-order valence-electron chi connectivity index (χ4n) is 1.87. The molecule has 4 heteroatoms. The van der Waals surface area contributed by atoms with E-state index in [2.05, 4.69) is 15.8 Å². The van der Waals surface area contributed by atoms with Crippen LogP contribution >= 0.6 is 0 Å². The number of methoxy groups -OCH3 is 1. The number of pyridine rings is 1. The molecule has 16 heavy (non-hydrogen) atoms. The molecule has 1 aliphatic carbocycles. The highest BCUT2D eigenvalue weighted by molar-refractivity contribution is 5.88. The van der Waals surface area contributed by atoms with Gasteiger partial charge in [0.05, 0.1) is 29.9 Å². The van der Waals surface area contributed by atoms with Gasteiger partial charge in [-0.05, 0) is 31.4 Å². The molecule has 0 unspecified atom stereocenters. The van der Waals surface area contributed by atoms with Gasteiger partial charge in [0.15, 0.2) is 0 Å². The molecule has 2 rings (SSSR count). The molecule has 1 aromatic heterocycles. The predicted octanol–water partition coefficient (Wildman–Crippen LogP) is 1.81. The molecule has 1 aliphatic rings. The van der Waals surface area contributed by atoms with E-state index >= 15 is 0 Å². The number of ether oxygens (including phenoxy) is 1. The number of hydrogen-bond donors (Lipinski definition) is 0. The standard InChI is InChI=1S/C12H12N2O2/c1-16-11(15)9-3-4-10(14-7-9)12(8-13)5-2-6-12/h3-4,7H,2,5-6H2,1H3. The van der Waals surface area contributed by atoms with Crippen LogP contribution in [0.1, 0.15) is 35.3 Å². The molecule has 0 atom stereocenters. The van der Waals surface area contributed by atoms with Crippen molar-refractivity contribution in [2.24, 2.45) is 0 Å². The lowest BCUT2D eigenvalue weighted by Crippen LogP contribution is -2.33. The number of carbonyl (C=O) groups is 1. The predicted molar refractivity (Wildman–Crippen MR) is 56.7 cm³/mol. The largest absolute Gasteiger partial charge is 0.465 e. The van der Waals surface area contributed by atoms with Gasteiger partial charge in [0.1, 0.15) is 0 Å². The zero-order chi connectivity index (χ0) is 11.6. The van der Waals surface area contributed by atoms with Gasteiger partial charge in [-0.15, -0.1) is 0 Å². The number of nitriles is 1. The summed E-state index contributed by atoms with van der Waals surface area (Å²) in [6.07, 6.45) is 4.24. The minimum absolute atomic E-state index is 0.404. The summed E-state index contributed by atoms with van der Waals surface area (Å²) in [5.41, 5.74) is 0.752. The Kier molecular flexibility index (Phi) is 2.61. The molecule has 0 spiro atoms. The monoisotopic (exact) mass is 216 g/mol. The van der Waals surface area contributed by atoms with Gasteiger partial charge < -0.3 is 4.74 Å².